The zero-order valence-electron chi connectivity index (χ0n) is 12.7. The first-order chi connectivity index (χ1) is 11.2. The summed E-state index contributed by atoms with van der Waals surface area (Å²) in [6.07, 6.45) is -3.20. The Morgan fingerprint density at radius 2 is 2.08 bits per heavy atom. The third-order valence-electron chi connectivity index (χ3n) is 4.75. The largest absolute Gasteiger partial charge is 0.405 e. The number of halogens is 4. The molecular weight excluding hydrogens is 345 g/mol. The van der Waals surface area contributed by atoms with E-state index in [9.17, 15) is 22.8 Å². The van der Waals surface area contributed by atoms with E-state index in [0.29, 0.717) is 23.4 Å². The topological polar surface area (TPSA) is 49.4 Å². The molecule has 2 aliphatic rings. The molecule has 1 aromatic rings. The van der Waals surface area contributed by atoms with Gasteiger partial charge in [0.15, 0.2) is 0 Å². The van der Waals surface area contributed by atoms with E-state index in [4.69, 9.17) is 11.6 Å². The van der Waals surface area contributed by atoms with Crippen LogP contribution in [0.1, 0.15) is 24.8 Å². The van der Waals surface area contributed by atoms with Crippen LogP contribution in [0.25, 0.3) is 0 Å². The number of amides is 2. The highest BCUT2D eigenvalue weighted by Gasteiger charge is 2.54. The van der Waals surface area contributed by atoms with Crippen LogP contribution in [0, 0.1) is 0 Å². The lowest BCUT2D eigenvalue weighted by atomic mass is 9.76. The number of fused-ring (bicyclic) bond motifs is 1. The number of carbonyl (C=O) groups is 2. The van der Waals surface area contributed by atoms with Crippen molar-refractivity contribution in [1.82, 2.24) is 10.2 Å². The van der Waals surface area contributed by atoms with Crippen molar-refractivity contribution in [2.24, 2.45) is 0 Å². The highest BCUT2D eigenvalue weighted by Crippen LogP contribution is 2.45. The Labute approximate surface area is 142 Å². The minimum atomic E-state index is -4.50. The molecule has 4 nitrogen and oxygen atoms in total. The molecule has 1 aromatic carbocycles. The summed E-state index contributed by atoms with van der Waals surface area (Å²) < 4.78 is 37.5. The number of hydrogen-bond acceptors (Lipinski definition) is 2. The monoisotopic (exact) mass is 360 g/mol. The van der Waals surface area contributed by atoms with Crippen molar-refractivity contribution in [2.45, 2.75) is 36.9 Å². The van der Waals surface area contributed by atoms with Gasteiger partial charge in [-0.2, -0.15) is 13.2 Å². The normalized spacial score (nSPS) is 26.6. The van der Waals surface area contributed by atoms with E-state index in [1.54, 1.807) is 29.2 Å². The van der Waals surface area contributed by atoms with Crippen molar-refractivity contribution in [2.75, 3.05) is 13.1 Å². The molecule has 0 unspecified atom stereocenters. The van der Waals surface area contributed by atoms with Gasteiger partial charge in [-0.1, -0.05) is 29.8 Å². The smallest absolute Gasteiger partial charge is 0.346 e. The van der Waals surface area contributed by atoms with Gasteiger partial charge in [0.25, 0.3) is 0 Å². The number of rotatable bonds is 3. The maximum absolute atomic E-state index is 12.7. The van der Waals surface area contributed by atoms with Crippen LogP contribution in [0.4, 0.5) is 13.2 Å². The summed E-state index contributed by atoms with van der Waals surface area (Å²) in [6, 6.07) is 6.48. The molecule has 0 saturated carbocycles. The molecule has 2 atom stereocenters. The number of nitrogens with one attached hydrogen (secondary N) is 1. The molecule has 1 N–H and O–H groups in total. The van der Waals surface area contributed by atoms with E-state index in [1.165, 1.54) is 0 Å². The fourth-order valence-corrected chi connectivity index (χ4v) is 3.98. The summed E-state index contributed by atoms with van der Waals surface area (Å²) in [5, 5.41) is 2.29. The Morgan fingerprint density at radius 1 is 1.38 bits per heavy atom. The molecular formula is C16H16ClF3N2O2. The highest BCUT2D eigenvalue weighted by molar-refractivity contribution is 6.31. The van der Waals surface area contributed by atoms with E-state index in [1.807, 2.05) is 5.32 Å². The van der Waals surface area contributed by atoms with Crippen LogP contribution < -0.4 is 5.32 Å². The number of alkyl halides is 3. The van der Waals surface area contributed by atoms with Crippen LogP contribution in [0.2, 0.25) is 5.02 Å². The van der Waals surface area contributed by atoms with Crippen LogP contribution in [0.15, 0.2) is 24.3 Å². The average molecular weight is 361 g/mol. The van der Waals surface area contributed by atoms with E-state index >= 15 is 0 Å². The van der Waals surface area contributed by atoms with Crippen molar-refractivity contribution in [3.63, 3.8) is 0 Å². The molecule has 8 heteroatoms. The first-order valence-corrected chi connectivity index (χ1v) is 8.00. The number of carbonyl (C=O) groups excluding carboxylic acids is 2. The lowest BCUT2D eigenvalue weighted by Gasteiger charge is -2.30. The van der Waals surface area contributed by atoms with Gasteiger partial charge in [-0.05, 0) is 24.5 Å². The third kappa shape index (κ3) is 2.97. The lowest BCUT2D eigenvalue weighted by Crippen LogP contribution is -2.49. The van der Waals surface area contributed by atoms with Crippen molar-refractivity contribution in [1.29, 1.82) is 0 Å². The second-order valence-corrected chi connectivity index (χ2v) is 6.69. The molecule has 0 spiro atoms. The molecule has 0 aromatic heterocycles. The Bertz CT molecular complexity index is 680. The first-order valence-electron chi connectivity index (χ1n) is 7.62. The van der Waals surface area contributed by atoms with Crippen molar-refractivity contribution >= 4 is 23.4 Å². The fraction of sp³-hybridized carbons (Fsp3) is 0.500. The van der Waals surface area contributed by atoms with Crippen molar-refractivity contribution < 1.29 is 22.8 Å². The summed E-state index contributed by atoms with van der Waals surface area (Å²) >= 11 is 6.22. The second-order valence-electron chi connectivity index (χ2n) is 6.28. The summed E-state index contributed by atoms with van der Waals surface area (Å²) in [4.78, 5) is 26.3. The van der Waals surface area contributed by atoms with E-state index in [0.717, 1.165) is 0 Å². The van der Waals surface area contributed by atoms with Crippen LogP contribution in [-0.2, 0) is 15.0 Å². The summed E-state index contributed by atoms with van der Waals surface area (Å²) in [5.41, 5.74) is -0.779. The van der Waals surface area contributed by atoms with Crippen LogP contribution in [-0.4, -0.2) is 42.0 Å². The van der Waals surface area contributed by atoms with Gasteiger partial charge in [-0.25, -0.2) is 0 Å². The zero-order valence-corrected chi connectivity index (χ0v) is 13.5. The minimum absolute atomic E-state index is 0.0594. The molecule has 2 aliphatic heterocycles. The molecule has 24 heavy (non-hydrogen) atoms. The Kier molecular flexibility index (Phi) is 4.23. The SMILES string of the molecule is O=C1CC[C@H]2C[C@@](C(=O)NCC(F)(F)F)(c3ccccc3Cl)CN12. The van der Waals surface area contributed by atoms with Gasteiger partial charge in [-0.3, -0.25) is 9.59 Å². The molecule has 2 amide bonds. The summed E-state index contributed by atoms with van der Waals surface area (Å²) in [7, 11) is 0. The van der Waals surface area contributed by atoms with Gasteiger partial charge in [0.05, 0.1) is 5.41 Å². The van der Waals surface area contributed by atoms with Crippen LogP contribution >= 0.6 is 11.6 Å². The lowest BCUT2D eigenvalue weighted by molar-refractivity contribution is -0.142. The number of nitrogens with zero attached hydrogens (tertiary/aromatic N) is 1. The summed E-state index contributed by atoms with van der Waals surface area (Å²) in [6.45, 7) is -1.35. The van der Waals surface area contributed by atoms with Crippen molar-refractivity contribution in [3.8, 4) is 0 Å². The molecule has 0 aliphatic carbocycles. The van der Waals surface area contributed by atoms with Gasteiger partial charge < -0.3 is 10.2 Å². The molecule has 2 fully saturated rings. The van der Waals surface area contributed by atoms with Crippen LogP contribution in [0.3, 0.4) is 0 Å². The van der Waals surface area contributed by atoms with E-state index < -0.39 is 24.0 Å². The molecule has 0 bridgehead atoms. The average Bonchev–Trinajstić information content (AvgIpc) is 3.05. The zero-order chi connectivity index (χ0) is 17.5. The maximum atomic E-state index is 12.7. The minimum Gasteiger partial charge on any atom is -0.346 e. The maximum Gasteiger partial charge on any atom is 0.405 e. The second kappa shape index (κ2) is 5.95. The highest BCUT2D eigenvalue weighted by atomic mass is 35.5. The third-order valence-corrected chi connectivity index (χ3v) is 5.08. The summed E-state index contributed by atoms with van der Waals surface area (Å²) in [5.74, 6) is -0.812. The predicted molar refractivity (Wildman–Crippen MR) is 81.5 cm³/mol. The predicted octanol–water partition coefficient (Wildman–Crippen LogP) is 2.65. The molecule has 3 rings (SSSR count). The molecule has 130 valence electrons. The number of hydrogen-bond donors (Lipinski definition) is 1. The van der Waals surface area contributed by atoms with Crippen molar-refractivity contribution in [3.05, 3.63) is 34.9 Å². The Balaban J connectivity index is 1.95. The first kappa shape index (κ1) is 17.1. The molecule has 2 saturated heterocycles. The van der Waals surface area contributed by atoms with Crippen LogP contribution in [0.5, 0.6) is 0 Å². The Morgan fingerprint density at radius 3 is 2.71 bits per heavy atom. The number of benzene rings is 1. The molecule has 2 heterocycles. The van der Waals surface area contributed by atoms with Gasteiger partial charge in [0.1, 0.15) is 6.54 Å². The van der Waals surface area contributed by atoms with E-state index in [2.05, 4.69) is 0 Å². The standard InChI is InChI=1S/C16H16ClF3N2O2/c17-12-4-2-1-3-11(12)15(14(24)21-8-16(18,19)20)7-10-5-6-13(23)22(10)9-15/h1-4,10H,5-9H2,(H,21,24)/t10-,15-/m0/s1. The van der Waals surface area contributed by atoms with Gasteiger partial charge in [-0.15, -0.1) is 0 Å². The Hall–Kier alpha value is -1.76. The van der Waals surface area contributed by atoms with E-state index in [-0.39, 0.29) is 24.9 Å². The van der Waals surface area contributed by atoms with Gasteiger partial charge >= 0.3 is 6.18 Å². The van der Waals surface area contributed by atoms with Gasteiger partial charge in [0, 0.05) is 24.0 Å². The fourth-order valence-electron chi connectivity index (χ4n) is 3.66. The molecule has 0 radical (unpaired) electrons. The quantitative estimate of drug-likeness (QED) is 0.901. The van der Waals surface area contributed by atoms with Gasteiger partial charge in [0.2, 0.25) is 11.8 Å².